The third-order valence-electron chi connectivity index (χ3n) is 1.53. The molecule has 1 N–H and O–H groups in total. The molecule has 0 fully saturated rings. The van der Waals surface area contributed by atoms with Gasteiger partial charge < -0.3 is 9.84 Å². The van der Waals surface area contributed by atoms with Crippen LogP contribution in [0.1, 0.15) is 12.6 Å². The smallest absolute Gasteiger partial charge is 0.122 e. The molecule has 0 aliphatic rings. The zero-order chi connectivity index (χ0) is 8.97. The van der Waals surface area contributed by atoms with Gasteiger partial charge in [0.05, 0.1) is 13.2 Å². The van der Waals surface area contributed by atoms with Crippen LogP contribution >= 0.6 is 0 Å². The number of hydrogen-bond donors (Lipinski definition) is 1. The Bertz CT molecular complexity index is 248. The van der Waals surface area contributed by atoms with Crippen molar-refractivity contribution in [2.75, 3.05) is 7.11 Å². The Morgan fingerprint density at radius 2 is 2.42 bits per heavy atom. The minimum atomic E-state index is -0.357. The summed E-state index contributed by atoms with van der Waals surface area (Å²) < 4.78 is 5.01. The number of rotatable bonds is 3. The number of hydrogen-bond acceptors (Lipinski definition) is 3. The molecule has 12 heavy (non-hydrogen) atoms. The SMILES string of the molecule is COc1ccnc(C[C@@H](C)O)c1. The number of aliphatic hydroxyl groups excluding tert-OH is 1. The predicted molar refractivity (Wildman–Crippen MR) is 46.2 cm³/mol. The second kappa shape index (κ2) is 4.07. The second-order valence-electron chi connectivity index (χ2n) is 2.74. The normalized spacial score (nSPS) is 12.6. The molecule has 66 valence electrons. The van der Waals surface area contributed by atoms with Gasteiger partial charge in [-0.25, -0.2) is 0 Å². The van der Waals surface area contributed by atoms with Crippen LogP contribution < -0.4 is 4.74 Å². The lowest BCUT2D eigenvalue weighted by atomic mass is 10.2. The van der Waals surface area contributed by atoms with Gasteiger partial charge in [0.15, 0.2) is 0 Å². The molecule has 0 aliphatic heterocycles. The maximum atomic E-state index is 9.09. The van der Waals surface area contributed by atoms with Crippen molar-refractivity contribution in [2.24, 2.45) is 0 Å². The summed E-state index contributed by atoms with van der Waals surface area (Å²) in [6.07, 6.45) is 1.89. The van der Waals surface area contributed by atoms with E-state index in [2.05, 4.69) is 4.98 Å². The van der Waals surface area contributed by atoms with Crippen LogP contribution in [0.5, 0.6) is 5.75 Å². The summed E-state index contributed by atoms with van der Waals surface area (Å²) >= 11 is 0. The average Bonchev–Trinajstić information content (AvgIpc) is 2.03. The number of pyridine rings is 1. The van der Waals surface area contributed by atoms with Crippen LogP contribution in [-0.2, 0) is 6.42 Å². The van der Waals surface area contributed by atoms with Gasteiger partial charge in [-0.05, 0) is 13.0 Å². The van der Waals surface area contributed by atoms with Gasteiger partial charge in [0.25, 0.3) is 0 Å². The highest BCUT2D eigenvalue weighted by molar-refractivity contribution is 5.22. The van der Waals surface area contributed by atoms with Crippen molar-refractivity contribution in [3.05, 3.63) is 24.0 Å². The highest BCUT2D eigenvalue weighted by atomic mass is 16.5. The van der Waals surface area contributed by atoms with Gasteiger partial charge in [-0.3, -0.25) is 4.98 Å². The summed E-state index contributed by atoms with van der Waals surface area (Å²) in [4.78, 5) is 4.09. The predicted octanol–water partition coefficient (Wildman–Crippen LogP) is 1.01. The minimum Gasteiger partial charge on any atom is -0.497 e. The molecule has 1 aromatic heterocycles. The standard InChI is InChI=1S/C9H13NO2/c1-7(11)5-8-6-9(12-2)3-4-10-8/h3-4,6-7,11H,5H2,1-2H3/t7-/m1/s1. The van der Waals surface area contributed by atoms with E-state index in [9.17, 15) is 0 Å². The minimum absolute atomic E-state index is 0.357. The fourth-order valence-electron chi connectivity index (χ4n) is 0.997. The van der Waals surface area contributed by atoms with Gasteiger partial charge in [-0.2, -0.15) is 0 Å². The number of methoxy groups -OCH3 is 1. The summed E-state index contributed by atoms with van der Waals surface area (Å²) in [5.41, 5.74) is 0.851. The van der Waals surface area contributed by atoms with E-state index in [1.54, 1.807) is 26.3 Å². The highest BCUT2D eigenvalue weighted by Crippen LogP contribution is 2.10. The Labute approximate surface area is 72.0 Å². The lowest BCUT2D eigenvalue weighted by molar-refractivity contribution is 0.194. The molecule has 0 saturated heterocycles. The van der Waals surface area contributed by atoms with Crippen LogP contribution in [0, 0.1) is 0 Å². The first-order chi connectivity index (χ1) is 5.72. The second-order valence-corrected chi connectivity index (χ2v) is 2.74. The van der Waals surface area contributed by atoms with E-state index in [-0.39, 0.29) is 6.10 Å². The number of aromatic nitrogens is 1. The molecular weight excluding hydrogens is 154 g/mol. The van der Waals surface area contributed by atoms with Crippen molar-refractivity contribution in [1.82, 2.24) is 4.98 Å². The van der Waals surface area contributed by atoms with Crippen LogP contribution in [-0.4, -0.2) is 23.3 Å². The highest BCUT2D eigenvalue weighted by Gasteiger charge is 2.00. The van der Waals surface area contributed by atoms with E-state index in [1.165, 1.54) is 0 Å². The molecule has 0 saturated carbocycles. The molecule has 0 spiro atoms. The first kappa shape index (κ1) is 9.00. The summed E-state index contributed by atoms with van der Waals surface area (Å²) in [5.74, 6) is 0.778. The molecule has 3 heteroatoms. The molecule has 3 nitrogen and oxygen atoms in total. The van der Waals surface area contributed by atoms with Gasteiger partial charge >= 0.3 is 0 Å². The summed E-state index contributed by atoms with van der Waals surface area (Å²) in [5, 5.41) is 9.09. The molecule has 0 aromatic carbocycles. The molecular formula is C9H13NO2. The van der Waals surface area contributed by atoms with E-state index < -0.39 is 0 Å². The van der Waals surface area contributed by atoms with Gasteiger partial charge in [-0.1, -0.05) is 0 Å². The summed E-state index contributed by atoms with van der Waals surface area (Å²) in [7, 11) is 1.61. The van der Waals surface area contributed by atoms with Crippen molar-refractivity contribution in [3.8, 4) is 5.75 Å². The Morgan fingerprint density at radius 3 is 3.00 bits per heavy atom. The molecule has 1 atom stereocenters. The Morgan fingerprint density at radius 1 is 1.67 bits per heavy atom. The number of ether oxygens (including phenoxy) is 1. The van der Waals surface area contributed by atoms with Crippen molar-refractivity contribution in [1.29, 1.82) is 0 Å². The van der Waals surface area contributed by atoms with E-state index in [0.717, 1.165) is 11.4 Å². The van der Waals surface area contributed by atoms with Crippen LogP contribution in [0.3, 0.4) is 0 Å². The first-order valence-electron chi connectivity index (χ1n) is 3.89. The lowest BCUT2D eigenvalue weighted by Crippen LogP contribution is -2.05. The van der Waals surface area contributed by atoms with Crippen molar-refractivity contribution in [2.45, 2.75) is 19.4 Å². The molecule has 0 amide bonds. The molecule has 0 unspecified atom stereocenters. The van der Waals surface area contributed by atoms with E-state index in [0.29, 0.717) is 6.42 Å². The first-order valence-corrected chi connectivity index (χ1v) is 3.89. The van der Waals surface area contributed by atoms with Crippen molar-refractivity contribution in [3.63, 3.8) is 0 Å². The molecule has 0 aliphatic carbocycles. The Hall–Kier alpha value is -1.09. The largest absolute Gasteiger partial charge is 0.497 e. The van der Waals surface area contributed by atoms with Crippen molar-refractivity contribution < 1.29 is 9.84 Å². The zero-order valence-electron chi connectivity index (χ0n) is 7.32. The molecule has 0 radical (unpaired) electrons. The van der Waals surface area contributed by atoms with Crippen LogP contribution in [0.2, 0.25) is 0 Å². The van der Waals surface area contributed by atoms with Gasteiger partial charge in [0.1, 0.15) is 5.75 Å². The van der Waals surface area contributed by atoms with E-state index in [4.69, 9.17) is 9.84 Å². The van der Waals surface area contributed by atoms with Crippen LogP contribution in [0.15, 0.2) is 18.3 Å². The molecule has 1 aromatic rings. The van der Waals surface area contributed by atoms with Crippen LogP contribution in [0.4, 0.5) is 0 Å². The summed E-state index contributed by atoms with van der Waals surface area (Å²) in [6, 6.07) is 3.61. The van der Waals surface area contributed by atoms with Crippen LogP contribution in [0.25, 0.3) is 0 Å². The molecule has 1 heterocycles. The van der Waals surface area contributed by atoms with Gasteiger partial charge in [0, 0.05) is 24.4 Å². The quantitative estimate of drug-likeness (QED) is 0.730. The molecule has 1 rings (SSSR count). The number of aliphatic hydroxyl groups is 1. The summed E-state index contributed by atoms with van der Waals surface area (Å²) in [6.45, 7) is 1.74. The lowest BCUT2D eigenvalue weighted by Gasteiger charge is -2.04. The van der Waals surface area contributed by atoms with Crippen molar-refractivity contribution >= 4 is 0 Å². The van der Waals surface area contributed by atoms with E-state index >= 15 is 0 Å². The maximum absolute atomic E-state index is 9.09. The van der Waals surface area contributed by atoms with Gasteiger partial charge in [-0.15, -0.1) is 0 Å². The zero-order valence-corrected chi connectivity index (χ0v) is 7.32. The molecule has 0 bridgehead atoms. The fourth-order valence-corrected chi connectivity index (χ4v) is 0.997. The maximum Gasteiger partial charge on any atom is 0.122 e. The average molecular weight is 167 g/mol. The third kappa shape index (κ3) is 2.51. The third-order valence-corrected chi connectivity index (χ3v) is 1.53. The Kier molecular flexibility index (Phi) is 3.05. The topological polar surface area (TPSA) is 42.4 Å². The van der Waals surface area contributed by atoms with E-state index in [1.807, 2.05) is 6.07 Å². The Balaban J connectivity index is 2.72. The van der Waals surface area contributed by atoms with Gasteiger partial charge in [0.2, 0.25) is 0 Å². The monoisotopic (exact) mass is 167 g/mol. The number of nitrogens with zero attached hydrogens (tertiary/aromatic N) is 1. The fraction of sp³-hybridized carbons (Fsp3) is 0.444.